The van der Waals surface area contributed by atoms with Crippen molar-refractivity contribution in [1.82, 2.24) is 5.32 Å². The first-order valence-electron chi connectivity index (χ1n) is 6.11. The van der Waals surface area contributed by atoms with Crippen LogP contribution in [-0.2, 0) is 0 Å². The fourth-order valence-corrected chi connectivity index (χ4v) is 1.66. The number of methoxy groups -OCH3 is 1. The Morgan fingerprint density at radius 2 is 2.00 bits per heavy atom. The average molecular weight is 239 g/mol. The molecule has 2 nitrogen and oxygen atoms in total. The first-order chi connectivity index (χ1) is 8.04. The van der Waals surface area contributed by atoms with Crippen molar-refractivity contribution in [3.05, 3.63) is 29.6 Å². The predicted molar refractivity (Wildman–Crippen MR) is 68.8 cm³/mol. The third-order valence-corrected chi connectivity index (χ3v) is 2.85. The Morgan fingerprint density at radius 1 is 1.29 bits per heavy atom. The van der Waals surface area contributed by atoms with Gasteiger partial charge in [-0.05, 0) is 43.5 Å². The van der Waals surface area contributed by atoms with Crippen molar-refractivity contribution in [2.45, 2.75) is 33.2 Å². The van der Waals surface area contributed by atoms with Gasteiger partial charge in [-0.2, -0.15) is 0 Å². The molecule has 3 heteroatoms. The van der Waals surface area contributed by atoms with Gasteiger partial charge in [0.2, 0.25) is 0 Å². The van der Waals surface area contributed by atoms with E-state index in [0.29, 0.717) is 11.7 Å². The van der Waals surface area contributed by atoms with Gasteiger partial charge in [-0.1, -0.05) is 19.9 Å². The highest BCUT2D eigenvalue weighted by molar-refractivity contribution is 5.30. The highest BCUT2D eigenvalue weighted by Gasteiger charge is 2.09. The van der Waals surface area contributed by atoms with Gasteiger partial charge in [-0.15, -0.1) is 0 Å². The van der Waals surface area contributed by atoms with E-state index in [1.54, 1.807) is 6.07 Å². The lowest BCUT2D eigenvalue weighted by atomic mass is 10.1. The van der Waals surface area contributed by atoms with E-state index in [1.807, 2.05) is 13.0 Å². The summed E-state index contributed by atoms with van der Waals surface area (Å²) in [4.78, 5) is 0. The number of ether oxygens (including phenoxy) is 1. The van der Waals surface area contributed by atoms with E-state index in [0.717, 1.165) is 18.5 Å². The number of hydrogen-bond acceptors (Lipinski definition) is 2. The van der Waals surface area contributed by atoms with Crippen LogP contribution in [0.3, 0.4) is 0 Å². The summed E-state index contributed by atoms with van der Waals surface area (Å²) in [5.41, 5.74) is 0.951. The molecule has 1 atom stereocenters. The highest BCUT2D eigenvalue weighted by Crippen LogP contribution is 2.21. The Labute approximate surface area is 103 Å². The zero-order valence-corrected chi connectivity index (χ0v) is 11.1. The maximum atomic E-state index is 13.5. The molecule has 0 aliphatic carbocycles. The van der Waals surface area contributed by atoms with Crippen LogP contribution in [0.2, 0.25) is 0 Å². The third-order valence-electron chi connectivity index (χ3n) is 2.85. The summed E-state index contributed by atoms with van der Waals surface area (Å²) in [5, 5.41) is 3.39. The fraction of sp³-hybridized carbons (Fsp3) is 0.571. The second kappa shape index (κ2) is 6.60. The van der Waals surface area contributed by atoms with E-state index in [9.17, 15) is 4.39 Å². The molecule has 17 heavy (non-hydrogen) atoms. The predicted octanol–water partition coefficient (Wildman–Crippen LogP) is 3.53. The van der Waals surface area contributed by atoms with Crippen molar-refractivity contribution < 1.29 is 9.13 Å². The van der Waals surface area contributed by atoms with Crippen molar-refractivity contribution in [3.63, 3.8) is 0 Å². The molecule has 0 bridgehead atoms. The lowest BCUT2D eigenvalue weighted by Crippen LogP contribution is -2.21. The molecule has 1 rings (SSSR count). The number of rotatable bonds is 6. The van der Waals surface area contributed by atoms with Crippen molar-refractivity contribution in [2.24, 2.45) is 5.92 Å². The van der Waals surface area contributed by atoms with E-state index in [1.165, 1.54) is 13.2 Å². The van der Waals surface area contributed by atoms with E-state index < -0.39 is 0 Å². The van der Waals surface area contributed by atoms with Crippen LogP contribution in [0.15, 0.2) is 18.2 Å². The molecule has 1 N–H and O–H groups in total. The summed E-state index contributed by atoms with van der Waals surface area (Å²) in [6.45, 7) is 7.38. The molecule has 0 spiro atoms. The summed E-state index contributed by atoms with van der Waals surface area (Å²) in [7, 11) is 1.47. The van der Waals surface area contributed by atoms with Gasteiger partial charge in [0, 0.05) is 6.04 Å². The highest BCUT2D eigenvalue weighted by atomic mass is 19.1. The molecular formula is C14H22FNO. The number of hydrogen-bond donors (Lipinski definition) is 1. The second-order valence-electron chi connectivity index (χ2n) is 4.75. The lowest BCUT2D eigenvalue weighted by Gasteiger charge is -2.16. The van der Waals surface area contributed by atoms with Crippen molar-refractivity contribution >= 4 is 0 Å². The maximum absolute atomic E-state index is 13.5. The summed E-state index contributed by atoms with van der Waals surface area (Å²) < 4.78 is 18.4. The Kier molecular flexibility index (Phi) is 5.42. The minimum atomic E-state index is -0.303. The van der Waals surface area contributed by atoms with Crippen LogP contribution in [0.5, 0.6) is 5.75 Å². The fourth-order valence-electron chi connectivity index (χ4n) is 1.66. The summed E-state index contributed by atoms with van der Waals surface area (Å²) in [6.07, 6.45) is 1.13. The molecule has 0 aliphatic rings. The van der Waals surface area contributed by atoms with Crippen molar-refractivity contribution in [3.8, 4) is 5.75 Å². The Bertz CT molecular complexity index is 352. The topological polar surface area (TPSA) is 21.3 Å². The summed E-state index contributed by atoms with van der Waals surface area (Å²) in [6, 6.07) is 5.26. The SMILES string of the molecule is COc1ccc([C@@H](C)NCCC(C)C)cc1F. The van der Waals surface area contributed by atoms with E-state index in [2.05, 4.69) is 19.2 Å². The van der Waals surface area contributed by atoms with E-state index in [4.69, 9.17) is 4.74 Å². The van der Waals surface area contributed by atoms with Gasteiger partial charge in [0.05, 0.1) is 7.11 Å². The number of halogens is 1. The first-order valence-corrected chi connectivity index (χ1v) is 6.11. The molecule has 0 radical (unpaired) electrons. The molecule has 0 amide bonds. The molecule has 1 aromatic carbocycles. The van der Waals surface area contributed by atoms with Gasteiger partial charge < -0.3 is 10.1 Å². The molecule has 1 aromatic rings. The van der Waals surface area contributed by atoms with Gasteiger partial charge in [-0.25, -0.2) is 4.39 Å². The van der Waals surface area contributed by atoms with E-state index in [-0.39, 0.29) is 11.9 Å². The van der Waals surface area contributed by atoms with Crippen LogP contribution < -0.4 is 10.1 Å². The Morgan fingerprint density at radius 3 is 2.53 bits per heavy atom. The van der Waals surface area contributed by atoms with Crippen LogP contribution >= 0.6 is 0 Å². The molecule has 0 saturated carbocycles. The third kappa shape index (κ3) is 4.35. The largest absolute Gasteiger partial charge is 0.494 e. The zero-order valence-electron chi connectivity index (χ0n) is 11.1. The van der Waals surface area contributed by atoms with Crippen molar-refractivity contribution in [2.75, 3.05) is 13.7 Å². The Balaban J connectivity index is 2.57. The molecule has 0 unspecified atom stereocenters. The molecule has 0 aliphatic heterocycles. The van der Waals surface area contributed by atoms with Crippen LogP contribution in [0.4, 0.5) is 4.39 Å². The standard InChI is InChI=1S/C14H22FNO/c1-10(2)7-8-16-11(3)12-5-6-14(17-4)13(15)9-12/h5-6,9-11,16H,7-8H2,1-4H3/t11-/m1/s1. The van der Waals surface area contributed by atoms with Crippen LogP contribution in [0.25, 0.3) is 0 Å². The van der Waals surface area contributed by atoms with Crippen LogP contribution in [-0.4, -0.2) is 13.7 Å². The quantitative estimate of drug-likeness (QED) is 0.820. The van der Waals surface area contributed by atoms with Crippen molar-refractivity contribution in [1.29, 1.82) is 0 Å². The zero-order chi connectivity index (χ0) is 12.8. The van der Waals surface area contributed by atoms with Gasteiger partial charge >= 0.3 is 0 Å². The Hall–Kier alpha value is -1.09. The lowest BCUT2D eigenvalue weighted by molar-refractivity contribution is 0.385. The molecular weight excluding hydrogens is 217 g/mol. The molecule has 0 aromatic heterocycles. The average Bonchev–Trinajstić information content (AvgIpc) is 2.28. The minimum absolute atomic E-state index is 0.161. The molecule has 0 heterocycles. The first kappa shape index (κ1) is 14.0. The van der Waals surface area contributed by atoms with E-state index >= 15 is 0 Å². The monoisotopic (exact) mass is 239 g/mol. The van der Waals surface area contributed by atoms with Gasteiger partial charge in [0.25, 0.3) is 0 Å². The molecule has 96 valence electrons. The molecule has 0 saturated heterocycles. The maximum Gasteiger partial charge on any atom is 0.165 e. The number of nitrogens with one attached hydrogen (secondary N) is 1. The van der Waals surface area contributed by atoms with Gasteiger partial charge in [0.1, 0.15) is 0 Å². The second-order valence-corrected chi connectivity index (χ2v) is 4.75. The van der Waals surface area contributed by atoms with Crippen LogP contribution in [0.1, 0.15) is 38.8 Å². The molecule has 0 fully saturated rings. The van der Waals surface area contributed by atoms with Crippen LogP contribution in [0, 0.1) is 11.7 Å². The summed E-state index contributed by atoms with van der Waals surface area (Å²) in [5.74, 6) is 0.674. The van der Waals surface area contributed by atoms with Gasteiger partial charge in [0.15, 0.2) is 11.6 Å². The minimum Gasteiger partial charge on any atom is -0.494 e. The smallest absolute Gasteiger partial charge is 0.165 e. The van der Waals surface area contributed by atoms with Gasteiger partial charge in [-0.3, -0.25) is 0 Å². The normalized spacial score (nSPS) is 12.8. The summed E-state index contributed by atoms with van der Waals surface area (Å²) >= 11 is 0. The number of benzene rings is 1.